The van der Waals surface area contributed by atoms with Crippen LogP contribution in [-0.4, -0.2) is 22.9 Å². The highest BCUT2D eigenvalue weighted by atomic mass is 32.2. The normalized spacial score (nSPS) is 17.2. The van der Waals surface area contributed by atoms with Crippen LogP contribution in [0.2, 0.25) is 0 Å². The van der Waals surface area contributed by atoms with Gasteiger partial charge in [0.2, 0.25) is 0 Å². The molecular formula is C25H31FO3S. The van der Waals surface area contributed by atoms with E-state index >= 15 is 0 Å². The Hall–Kier alpha value is -2.27. The molecule has 1 heterocycles. The van der Waals surface area contributed by atoms with Crippen LogP contribution in [-0.2, 0) is 9.53 Å². The van der Waals surface area contributed by atoms with Gasteiger partial charge >= 0.3 is 5.97 Å². The molecule has 0 saturated carbocycles. The van der Waals surface area contributed by atoms with E-state index in [0.29, 0.717) is 12.2 Å². The minimum atomic E-state index is -0.480. The van der Waals surface area contributed by atoms with Gasteiger partial charge in [0, 0.05) is 23.0 Å². The van der Waals surface area contributed by atoms with Gasteiger partial charge < -0.3 is 9.84 Å². The van der Waals surface area contributed by atoms with Crippen LogP contribution >= 0.6 is 11.8 Å². The Balaban J connectivity index is 0.00000155. The summed E-state index contributed by atoms with van der Waals surface area (Å²) in [5.41, 5.74) is 4.04. The predicted molar refractivity (Wildman–Crippen MR) is 122 cm³/mol. The van der Waals surface area contributed by atoms with Crippen LogP contribution in [0.1, 0.15) is 49.4 Å². The third-order valence-electron chi connectivity index (χ3n) is 5.02. The quantitative estimate of drug-likeness (QED) is 0.419. The molecule has 1 aliphatic rings. The second kappa shape index (κ2) is 10.7. The second-order valence-electron chi connectivity index (χ2n) is 7.49. The summed E-state index contributed by atoms with van der Waals surface area (Å²) in [7, 11) is 0. The third kappa shape index (κ3) is 5.66. The van der Waals surface area contributed by atoms with Crippen molar-refractivity contribution in [1.82, 2.24) is 0 Å². The van der Waals surface area contributed by atoms with E-state index in [1.165, 1.54) is 23.9 Å². The fraction of sp³-hybridized carbons (Fsp3) is 0.400. The van der Waals surface area contributed by atoms with Crippen molar-refractivity contribution in [2.45, 2.75) is 59.0 Å². The molecule has 0 spiro atoms. The first-order valence-electron chi connectivity index (χ1n) is 10.4. The number of benzene rings is 2. The molecule has 2 atom stereocenters. The van der Waals surface area contributed by atoms with Gasteiger partial charge in [-0.25, -0.2) is 9.18 Å². The van der Waals surface area contributed by atoms with Gasteiger partial charge in [-0.2, -0.15) is 0 Å². The predicted octanol–water partition coefficient (Wildman–Crippen LogP) is 6.79. The SMILES string of the molecule is CC.Cc1cc(C)c(C2=C(O)CC(C(C)CSc3cccc(F)c3)OC2=O)c(C)c1. The number of hydrogen-bond acceptors (Lipinski definition) is 4. The molecule has 30 heavy (non-hydrogen) atoms. The molecule has 0 aliphatic carbocycles. The first-order chi connectivity index (χ1) is 14.3. The third-order valence-corrected chi connectivity index (χ3v) is 6.30. The van der Waals surface area contributed by atoms with Crippen molar-refractivity contribution in [2.75, 3.05) is 5.75 Å². The topological polar surface area (TPSA) is 46.5 Å². The Morgan fingerprint density at radius 1 is 1.17 bits per heavy atom. The van der Waals surface area contributed by atoms with Gasteiger partial charge in [0.1, 0.15) is 23.3 Å². The fourth-order valence-electron chi connectivity index (χ4n) is 3.68. The number of aliphatic hydroxyl groups excluding tert-OH is 1. The highest BCUT2D eigenvalue weighted by molar-refractivity contribution is 7.99. The van der Waals surface area contributed by atoms with Gasteiger partial charge in [-0.1, -0.05) is 44.5 Å². The average Bonchev–Trinajstić information content (AvgIpc) is 2.69. The van der Waals surface area contributed by atoms with Crippen molar-refractivity contribution in [3.05, 3.63) is 70.2 Å². The number of cyclic esters (lactones) is 1. The summed E-state index contributed by atoms with van der Waals surface area (Å²) in [4.78, 5) is 13.6. The Morgan fingerprint density at radius 2 is 1.80 bits per heavy atom. The minimum absolute atomic E-state index is 0.0149. The zero-order valence-corrected chi connectivity index (χ0v) is 19.4. The number of rotatable bonds is 5. The van der Waals surface area contributed by atoms with Gasteiger partial charge in [-0.05, 0) is 55.7 Å². The zero-order valence-electron chi connectivity index (χ0n) is 18.6. The Morgan fingerprint density at radius 3 is 2.37 bits per heavy atom. The lowest BCUT2D eigenvalue weighted by atomic mass is 9.89. The van der Waals surface area contributed by atoms with Gasteiger partial charge in [-0.3, -0.25) is 0 Å². The number of carbonyl (C=O) groups excluding carboxylic acids is 1. The highest BCUT2D eigenvalue weighted by Crippen LogP contribution is 2.35. The summed E-state index contributed by atoms with van der Waals surface area (Å²) in [6, 6.07) is 10.4. The van der Waals surface area contributed by atoms with Crippen LogP contribution < -0.4 is 0 Å². The lowest BCUT2D eigenvalue weighted by Crippen LogP contribution is -2.32. The molecule has 2 unspecified atom stereocenters. The smallest absolute Gasteiger partial charge is 0.342 e. The monoisotopic (exact) mass is 430 g/mol. The van der Waals surface area contributed by atoms with E-state index in [1.807, 2.05) is 59.7 Å². The van der Waals surface area contributed by atoms with Crippen LogP contribution in [0.4, 0.5) is 4.39 Å². The second-order valence-corrected chi connectivity index (χ2v) is 8.58. The van der Waals surface area contributed by atoms with Crippen LogP contribution in [0.5, 0.6) is 0 Å². The van der Waals surface area contributed by atoms with E-state index in [-0.39, 0.29) is 23.1 Å². The van der Waals surface area contributed by atoms with E-state index < -0.39 is 12.1 Å². The largest absolute Gasteiger partial charge is 0.511 e. The number of thioether (sulfide) groups is 1. The van der Waals surface area contributed by atoms with Crippen molar-refractivity contribution < 1.29 is 19.0 Å². The molecule has 0 radical (unpaired) electrons. The first kappa shape index (κ1) is 24.0. The van der Waals surface area contributed by atoms with E-state index in [1.54, 1.807) is 6.07 Å². The van der Waals surface area contributed by atoms with Crippen LogP contribution in [0.3, 0.4) is 0 Å². The number of esters is 1. The van der Waals surface area contributed by atoms with E-state index in [0.717, 1.165) is 27.1 Å². The molecule has 0 saturated heterocycles. The van der Waals surface area contributed by atoms with Crippen molar-refractivity contribution in [3.8, 4) is 0 Å². The Labute approximate surface area is 183 Å². The van der Waals surface area contributed by atoms with Crippen LogP contribution in [0.25, 0.3) is 5.57 Å². The molecule has 1 aliphatic heterocycles. The lowest BCUT2D eigenvalue weighted by molar-refractivity contribution is -0.145. The summed E-state index contributed by atoms with van der Waals surface area (Å²) in [6.45, 7) is 11.9. The summed E-state index contributed by atoms with van der Waals surface area (Å²) >= 11 is 1.51. The molecule has 0 amide bonds. The Kier molecular flexibility index (Phi) is 8.54. The molecule has 0 fully saturated rings. The molecule has 3 nitrogen and oxygen atoms in total. The van der Waals surface area contributed by atoms with E-state index in [4.69, 9.17) is 4.74 Å². The van der Waals surface area contributed by atoms with Crippen molar-refractivity contribution in [2.24, 2.45) is 5.92 Å². The number of aliphatic hydroxyl groups is 1. The van der Waals surface area contributed by atoms with Crippen molar-refractivity contribution >= 4 is 23.3 Å². The molecule has 162 valence electrons. The van der Waals surface area contributed by atoms with E-state index in [9.17, 15) is 14.3 Å². The summed E-state index contributed by atoms with van der Waals surface area (Å²) in [5, 5.41) is 10.7. The van der Waals surface area contributed by atoms with Gasteiger partial charge in [0.25, 0.3) is 0 Å². The summed E-state index contributed by atoms with van der Waals surface area (Å²) < 4.78 is 19.0. The van der Waals surface area contributed by atoms with Gasteiger partial charge in [0.05, 0.1) is 0 Å². The molecule has 0 bridgehead atoms. The molecule has 5 heteroatoms. The summed E-state index contributed by atoms with van der Waals surface area (Å²) in [5.74, 6) is 0.00863. The number of halogens is 1. The molecule has 2 aromatic carbocycles. The maximum absolute atomic E-state index is 13.3. The van der Waals surface area contributed by atoms with Gasteiger partial charge in [0.15, 0.2) is 0 Å². The van der Waals surface area contributed by atoms with Crippen molar-refractivity contribution in [1.29, 1.82) is 0 Å². The lowest BCUT2D eigenvalue weighted by Gasteiger charge is -2.29. The average molecular weight is 431 g/mol. The zero-order chi connectivity index (χ0) is 22.4. The highest BCUT2D eigenvalue weighted by Gasteiger charge is 2.34. The van der Waals surface area contributed by atoms with Crippen molar-refractivity contribution in [3.63, 3.8) is 0 Å². The number of ether oxygens (including phenoxy) is 1. The maximum Gasteiger partial charge on any atom is 0.342 e. The molecular weight excluding hydrogens is 399 g/mol. The molecule has 1 N–H and O–H groups in total. The fourth-order valence-corrected chi connectivity index (χ4v) is 4.72. The van der Waals surface area contributed by atoms with E-state index in [2.05, 4.69) is 0 Å². The maximum atomic E-state index is 13.3. The number of carbonyl (C=O) groups is 1. The van der Waals surface area contributed by atoms with Crippen LogP contribution in [0, 0.1) is 32.5 Å². The number of aryl methyl sites for hydroxylation is 3. The molecule has 2 aromatic rings. The molecule has 0 aromatic heterocycles. The Bertz CT molecular complexity index is 913. The minimum Gasteiger partial charge on any atom is -0.511 e. The standard InChI is InChI=1S/C23H25FO3S.C2H6/c1-13-8-14(2)21(15(3)9-13)22-19(25)11-20(27-23(22)26)16(4)12-28-18-7-5-6-17(24)10-18;1-2/h5-10,16,20,25H,11-12H2,1-4H3;1-2H3. The molecule has 3 rings (SSSR count). The first-order valence-corrected chi connectivity index (χ1v) is 11.3. The van der Waals surface area contributed by atoms with Gasteiger partial charge in [-0.15, -0.1) is 11.8 Å². The van der Waals surface area contributed by atoms with Crippen LogP contribution in [0.15, 0.2) is 47.1 Å². The summed E-state index contributed by atoms with van der Waals surface area (Å²) in [6.07, 6.45) is -0.109. The number of hydrogen-bond donors (Lipinski definition) is 1.